The Morgan fingerprint density at radius 2 is 1.50 bits per heavy atom. The molecule has 0 unspecified atom stereocenters. The van der Waals surface area contributed by atoms with Crippen LogP contribution in [0, 0.1) is 25.2 Å². The number of rotatable bonds is 5. The first-order chi connectivity index (χ1) is 15.4. The van der Waals surface area contributed by atoms with Crippen molar-refractivity contribution in [1.29, 1.82) is 5.26 Å². The van der Waals surface area contributed by atoms with E-state index in [0.29, 0.717) is 23.4 Å². The first kappa shape index (κ1) is 22.0. The van der Waals surface area contributed by atoms with Gasteiger partial charge in [-0.15, -0.1) is 0 Å². The van der Waals surface area contributed by atoms with E-state index in [1.165, 1.54) is 0 Å². The van der Waals surface area contributed by atoms with E-state index in [0.717, 1.165) is 53.2 Å². The smallest absolute Gasteiger partial charge is 0.233 e. The second-order valence-electron chi connectivity index (χ2n) is 7.93. The highest BCUT2D eigenvalue weighted by molar-refractivity contribution is 9.10. The maximum absolute atomic E-state index is 9.03. The van der Waals surface area contributed by atoms with Crippen molar-refractivity contribution >= 4 is 45.1 Å². The van der Waals surface area contributed by atoms with Gasteiger partial charge in [-0.25, -0.2) is 0 Å². The third-order valence-electron chi connectivity index (χ3n) is 5.41. The number of benzene rings is 2. The SMILES string of the molecule is Cc1cc(Br)cc(C)c1Nc1nc(Nc2ccc(C#N)cc2)nc(N2CCN(C)CC2)n1. The van der Waals surface area contributed by atoms with Crippen LogP contribution in [0.1, 0.15) is 16.7 Å². The van der Waals surface area contributed by atoms with Crippen molar-refractivity contribution in [3.63, 3.8) is 0 Å². The average molecular weight is 493 g/mol. The summed E-state index contributed by atoms with van der Waals surface area (Å²) in [6, 6.07) is 13.5. The van der Waals surface area contributed by atoms with Crippen molar-refractivity contribution < 1.29 is 0 Å². The highest BCUT2D eigenvalue weighted by Gasteiger charge is 2.19. The van der Waals surface area contributed by atoms with Crippen molar-refractivity contribution in [3.05, 3.63) is 57.6 Å². The van der Waals surface area contributed by atoms with E-state index in [1.54, 1.807) is 12.1 Å². The molecule has 9 heteroatoms. The normalized spacial score (nSPS) is 14.2. The summed E-state index contributed by atoms with van der Waals surface area (Å²) in [5.41, 5.74) is 4.59. The Labute approximate surface area is 196 Å². The Balaban J connectivity index is 1.67. The largest absolute Gasteiger partial charge is 0.338 e. The maximum Gasteiger partial charge on any atom is 0.233 e. The standard InChI is InChI=1S/C23H25BrN8/c1-15-12-18(24)13-16(2)20(15)27-22-28-21(26-19-6-4-17(14-25)5-7-19)29-23(30-22)32-10-8-31(3)9-11-32/h4-7,12-13H,8-11H2,1-3H3,(H2,26,27,28,29,30). The first-order valence-corrected chi connectivity index (χ1v) is 11.2. The van der Waals surface area contributed by atoms with Gasteiger partial charge in [-0.3, -0.25) is 0 Å². The van der Waals surface area contributed by atoms with Gasteiger partial charge in [-0.05, 0) is 68.4 Å². The van der Waals surface area contributed by atoms with E-state index in [2.05, 4.69) is 85.4 Å². The Bertz CT molecular complexity index is 1120. The predicted octanol–water partition coefficient (Wildman–Crippen LogP) is 4.36. The molecule has 0 amide bonds. The van der Waals surface area contributed by atoms with Crippen LogP contribution in [0.4, 0.5) is 29.2 Å². The van der Waals surface area contributed by atoms with Crippen LogP contribution < -0.4 is 15.5 Å². The second-order valence-corrected chi connectivity index (χ2v) is 8.84. The zero-order chi connectivity index (χ0) is 22.7. The monoisotopic (exact) mass is 492 g/mol. The second kappa shape index (κ2) is 9.51. The van der Waals surface area contributed by atoms with E-state index in [1.807, 2.05) is 12.1 Å². The number of hydrogen-bond acceptors (Lipinski definition) is 8. The molecule has 2 aromatic carbocycles. The number of anilines is 5. The highest BCUT2D eigenvalue weighted by Crippen LogP contribution is 2.28. The first-order valence-electron chi connectivity index (χ1n) is 10.4. The molecule has 2 N–H and O–H groups in total. The van der Waals surface area contributed by atoms with Gasteiger partial charge in [-0.1, -0.05) is 15.9 Å². The summed E-state index contributed by atoms with van der Waals surface area (Å²) < 4.78 is 1.04. The molecule has 1 saturated heterocycles. The molecule has 32 heavy (non-hydrogen) atoms. The van der Waals surface area contributed by atoms with Crippen LogP contribution in [0.15, 0.2) is 40.9 Å². The summed E-state index contributed by atoms with van der Waals surface area (Å²) in [5, 5.41) is 15.7. The molecule has 8 nitrogen and oxygen atoms in total. The molecule has 1 aliphatic heterocycles. The lowest BCUT2D eigenvalue weighted by Crippen LogP contribution is -2.45. The number of nitriles is 1. The number of nitrogens with zero attached hydrogens (tertiary/aromatic N) is 6. The Morgan fingerprint density at radius 3 is 2.09 bits per heavy atom. The van der Waals surface area contributed by atoms with Crippen LogP contribution >= 0.6 is 15.9 Å². The molecule has 0 atom stereocenters. The van der Waals surface area contributed by atoms with E-state index in [4.69, 9.17) is 10.2 Å². The molecule has 0 aliphatic carbocycles. The van der Waals surface area contributed by atoms with Crippen molar-refractivity contribution in [3.8, 4) is 6.07 Å². The lowest BCUT2D eigenvalue weighted by Gasteiger charge is -2.32. The van der Waals surface area contributed by atoms with Crippen molar-refractivity contribution in [2.24, 2.45) is 0 Å². The minimum Gasteiger partial charge on any atom is -0.338 e. The maximum atomic E-state index is 9.03. The van der Waals surface area contributed by atoms with Gasteiger partial charge in [0.2, 0.25) is 17.8 Å². The van der Waals surface area contributed by atoms with Gasteiger partial charge in [0.05, 0.1) is 11.6 Å². The van der Waals surface area contributed by atoms with E-state index in [-0.39, 0.29) is 0 Å². The zero-order valence-electron chi connectivity index (χ0n) is 18.4. The molecular formula is C23H25BrN8. The number of hydrogen-bond donors (Lipinski definition) is 2. The van der Waals surface area contributed by atoms with Crippen molar-refractivity contribution in [2.45, 2.75) is 13.8 Å². The lowest BCUT2D eigenvalue weighted by atomic mass is 10.1. The van der Waals surface area contributed by atoms with Gasteiger partial charge >= 0.3 is 0 Å². The fourth-order valence-electron chi connectivity index (χ4n) is 3.60. The van der Waals surface area contributed by atoms with Crippen LogP contribution in [0.25, 0.3) is 0 Å². The molecule has 3 aromatic rings. The molecular weight excluding hydrogens is 468 g/mol. The summed E-state index contributed by atoms with van der Waals surface area (Å²) in [6.07, 6.45) is 0. The van der Waals surface area contributed by atoms with Crippen LogP contribution in [0.2, 0.25) is 0 Å². The average Bonchev–Trinajstić information content (AvgIpc) is 2.77. The van der Waals surface area contributed by atoms with Gasteiger partial charge in [0.25, 0.3) is 0 Å². The number of aryl methyl sites for hydroxylation is 2. The van der Waals surface area contributed by atoms with Crippen molar-refractivity contribution in [2.75, 3.05) is 48.8 Å². The summed E-state index contributed by atoms with van der Waals surface area (Å²) in [7, 11) is 2.12. The summed E-state index contributed by atoms with van der Waals surface area (Å²) in [5.74, 6) is 1.58. The van der Waals surface area contributed by atoms with Gasteiger partial charge < -0.3 is 20.4 Å². The molecule has 0 saturated carbocycles. The minimum absolute atomic E-state index is 0.452. The molecule has 164 valence electrons. The molecule has 2 heterocycles. The Morgan fingerprint density at radius 1 is 0.906 bits per heavy atom. The molecule has 1 aliphatic rings. The highest BCUT2D eigenvalue weighted by atomic mass is 79.9. The van der Waals surface area contributed by atoms with Gasteiger partial charge in [-0.2, -0.15) is 20.2 Å². The van der Waals surface area contributed by atoms with E-state index in [9.17, 15) is 0 Å². The zero-order valence-corrected chi connectivity index (χ0v) is 19.9. The third-order valence-corrected chi connectivity index (χ3v) is 5.87. The summed E-state index contributed by atoms with van der Waals surface area (Å²) in [6.45, 7) is 7.73. The van der Waals surface area contributed by atoms with Gasteiger partial charge in [0, 0.05) is 42.0 Å². The fourth-order valence-corrected chi connectivity index (χ4v) is 4.29. The number of nitrogens with one attached hydrogen (secondary N) is 2. The van der Waals surface area contributed by atoms with E-state index < -0.39 is 0 Å². The van der Waals surface area contributed by atoms with Crippen LogP contribution in [-0.4, -0.2) is 53.1 Å². The topological polar surface area (TPSA) is 93.0 Å². The predicted molar refractivity (Wildman–Crippen MR) is 131 cm³/mol. The third kappa shape index (κ3) is 5.15. The van der Waals surface area contributed by atoms with E-state index >= 15 is 0 Å². The Hall–Kier alpha value is -3.22. The van der Waals surface area contributed by atoms with Crippen LogP contribution in [0.5, 0.6) is 0 Å². The van der Waals surface area contributed by atoms with Crippen LogP contribution in [-0.2, 0) is 0 Å². The van der Waals surface area contributed by atoms with Gasteiger partial charge in [0.15, 0.2) is 0 Å². The molecule has 0 spiro atoms. The molecule has 4 rings (SSSR count). The molecule has 1 aromatic heterocycles. The summed E-state index contributed by atoms with van der Waals surface area (Å²) >= 11 is 3.55. The van der Waals surface area contributed by atoms with Crippen molar-refractivity contribution in [1.82, 2.24) is 19.9 Å². The molecule has 0 radical (unpaired) electrons. The number of likely N-dealkylation sites (N-methyl/N-ethyl adjacent to an activating group) is 1. The quantitative estimate of drug-likeness (QED) is 0.542. The van der Waals surface area contributed by atoms with Gasteiger partial charge in [0.1, 0.15) is 0 Å². The lowest BCUT2D eigenvalue weighted by molar-refractivity contribution is 0.311. The fraction of sp³-hybridized carbons (Fsp3) is 0.304. The number of halogens is 1. The minimum atomic E-state index is 0.452. The summed E-state index contributed by atoms with van der Waals surface area (Å²) in [4.78, 5) is 18.5. The van der Waals surface area contributed by atoms with Crippen LogP contribution in [0.3, 0.4) is 0 Å². The Kier molecular flexibility index (Phi) is 6.53. The molecule has 0 bridgehead atoms. The number of piperazine rings is 1. The number of aromatic nitrogens is 3. The molecule has 1 fully saturated rings.